The van der Waals surface area contributed by atoms with Crippen LogP contribution in [0.3, 0.4) is 0 Å². The van der Waals surface area contributed by atoms with Crippen molar-refractivity contribution in [1.29, 1.82) is 0 Å². The highest BCUT2D eigenvalue weighted by molar-refractivity contribution is 7.80. The molecule has 1 aliphatic rings. The monoisotopic (exact) mass is 380 g/mol. The Morgan fingerprint density at radius 2 is 1.77 bits per heavy atom. The summed E-state index contributed by atoms with van der Waals surface area (Å²) in [7, 11) is 6.43. The summed E-state index contributed by atoms with van der Waals surface area (Å²) in [6.45, 7) is 3.89. The Hall–Kier alpha value is -2.48. The standard InChI is InChI=1S/C18H24N2O5S/c1-7-25-17(21)14-10(2)20(3)18(26)19-15(14)11-8-12(22-4)16(24-6)13(9-11)23-5/h8-9,15H,7H2,1-6H3,(H,19,26). The van der Waals surface area contributed by atoms with Gasteiger partial charge < -0.3 is 29.2 Å². The number of benzene rings is 1. The van der Waals surface area contributed by atoms with Crippen molar-refractivity contribution in [3.63, 3.8) is 0 Å². The van der Waals surface area contributed by atoms with Gasteiger partial charge in [-0.1, -0.05) is 0 Å². The number of nitrogens with one attached hydrogen (secondary N) is 1. The van der Waals surface area contributed by atoms with Crippen LogP contribution in [0.25, 0.3) is 0 Å². The number of ether oxygens (including phenoxy) is 4. The first-order chi connectivity index (χ1) is 12.4. The van der Waals surface area contributed by atoms with Crippen molar-refractivity contribution < 1.29 is 23.7 Å². The van der Waals surface area contributed by atoms with E-state index in [0.29, 0.717) is 27.9 Å². The molecule has 1 atom stereocenters. The highest BCUT2D eigenvalue weighted by Crippen LogP contribution is 2.42. The number of hydrogen-bond donors (Lipinski definition) is 1. The van der Waals surface area contributed by atoms with Gasteiger partial charge in [0.15, 0.2) is 16.6 Å². The van der Waals surface area contributed by atoms with Crippen LogP contribution in [-0.4, -0.2) is 51.0 Å². The van der Waals surface area contributed by atoms with E-state index in [0.717, 1.165) is 11.3 Å². The Labute approximate surface area is 158 Å². The van der Waals surface area contributed by atoms with E-state index >= 15 is 0 Å². The van der Waals surface area contributed by atoms with E-state index in [2.05, 4.69) is 5.32 Å². The summed E-state index contributed by atoms with van der Waals surface area (Å²) in [5.74, 6) is 1.07. The molecular weight excluding hydrogens is 356 g/mol. The molecule has 0 spiro atoms. The van der Waals surface area contributed by atoms with Gasteiger partial charge in [-0.15, -0.1) is 0 Å². The van der Waals surface area contributed by atoms with Crippen molar-refractivity contribution in [3.05, 3.63) is 29.0 Å². The van der Waals surface area contributed by atoms with Crippen LogP contribution >= 0.6 is 12.2 Å². The van der Waals surface area contributed by atoms with Crippen molar-refractivity contribution in [1.82, 2.24) is 10.2 Å². The van der Waals surface area contributed by atoms with E-state index in [1.54, 1.807) is 45.2 Å². The van der Waals surface area contributed by atoms with Gasteiger partial charge in [0.2, 0.25) is 5.75 Å². The molecule has 1 unspecified atom stereocenters. The van der Waals surface area contributed by atoms with E-state index in [-0.39, 0.29) is 6.61 Å². The highest BCUT2D eigenvalue weighted by Gasteiger charge is 2.34. The second-order valence-electron chi connectivity index (χ2n) is 5.62. The lowest BCUT2D eigenvalue weighted by molar-refractivity contribution is -0.139. The number of methoxy groups -OCH3 is 3. The summed E-state index contributed by atoms with van der Waals surface area (Å²) in [5, 5.41) is 3.70. The van der Waals surface area contributed by atoms with Crippen LogP contribution in [0.15, 0.2) is 23.4 Å². The molecule has 7 nitrogen and oxygen atoms in total. The molecule has 0 saturated carbocycles. The molecule has 1 aromatic rings. The van der Waals surface area contributed by atoms with Gasteiger partial charge in [0, 0.05) is 12.7 Å². The zero-order valence-corrected chi connectivity index (χ0v) is 16.7. The molecule has 0 fully saturated rings. The zero-order chi connectivity index (χ0) is 19.4. The largest absolute Gasteiger partial charge is 0.493 e. The van der Waals surface area contributed by atoms with E-state index in [9.17, 15) is 4.79 Å². The van der Waals surface area contributed by atoms with Crippen molar-refractivity contribution in [3.8, 4) is 17.2 Å². The molecule has 0 aromatic heterocycles. The van der Waals surface area contributed by atoms with Crippen LogP contribution in [0.4, 0.5) is 0 Å². The van der Waals surface area contributed by atoms with Crippen LogP contribution in [-0.2, 0) is 9.53 Å². The molecule has 1 aromatic carbocycles. The number of esters is 1. The average molecular weight is 380 g/mol. The van der Waals surface area contributed by atoms with Gasteiger partial charge in [0.25, 0.3) is 0 Å². The summed E-state index contributed by atoms with van der Waals surface area (Å²) in [4.78, 5) is 14.3. The van der Waals surface area contributed by atoms with Gasteiger partial charge in [0.05, 0.1) is 39.6 Å². The van der Waals surface area contributed by atoms with E-state index in [1.807, 2.05) is 6.92 Å². The van der Waals surface area contributed by atoms with Crippen molar-refractivity contribution in [2.45, 2.75) is 19.9 Å². The third-order valence-electron chi connectivity index (χ3n) is 4.27. The first-order valence-corrected chi connectivity index (χ1v) is 8.52. The molecule has 2 rings (SSSR count). The topological polar surface area (TPSA) is 69.3 Å². The number of carbonyl (C=O) groups excluding carboxylic acids is 1. The van der Waals surface area contributed by atoms with Crippen LogP contribution in [0.2, 0.25) is 0 Å². The maximum Gasteiger partial charge on any atom is 0.338 e. The van der Waals surface area contributed by atoms with E-state index in [4.69, 9.17) is 31.2 Å². The molecule has 1 aliphatic heterocycles. The molecule has 0 saturated heterocycles. The summed E-state index contributed by atoms with van der Waals surface area (Å²) in [5.41, 5.74) is 1.96. The number of hydrogen-bond acceptors (Lipinski definition) is 6. The zero-order valence-electron chi connectivity index (χ0n) is 15.8. The molecule has 0 amide bonds. The molecule has 26 heavy (non-hydrogen) atoms. The molecule has 142 valence electrons. The third kappa shape index (κ3) is 3.55. The summed E-state index contributed by atoms with van der Waals surface area (Å²) >= 11 is 5.40. The van der Waals surface area contributed by atoms with Gasteiger partial charge in [-0.25, -0.2) is 4.79 Å². The van der Waals surface area contributed by atoms with Gasteiger partial charge in [0.1, 0.15) is 0 Å². The van der Waals surface area contributed by atoms with Gasteiger partial charge >= 0.3 is 5.97 Å². The Bertz CT molecular complexity index is 722. The van der Waals surface area contributed by atoms with Crippen LogP contribution in [0, 0.1) is 0 Å². The summed E-state index contributed by atoms with van der Waals surface area (Å²) < 4.78 is 21.5. The molecule has 0 radical (unpaired) electrons. The maximum atomic E-state index is 12.6. The van der Waals surface area contributed by atoms with Gasteiger partial charge in [-0.2, -0.15) is 0 Å². The number of allylic oxidation sites excluding steroid dienone is 1. The van der Waals surface area contributed by atoms with Crippen LogP contribution < -0.4 is 19.5 Å². The lowest BCUT2D eigenvalue weighted by atomic mass is 9.94. The normalized spacial score (nSPS) is 16.9. The predicted octanol–water partition coefficient (Wildman–Crippen LogP) is 2.41. The van der Waals surface area contributed by atoms with Crippen molar-refractivity contribution >= 4 is 23.3 Å². The first-order valence-electron chi connectivity index (χ1n) is 8.11. The third-order valence-corrected chi connectivity index (χ3v) is 4.66. The fourth-order valence-electron chi connectivity index (χ4n) is 2.83. The minimum Gasteiger partial charge on any atom is -0.493 e. The second-order valence-corrected chi connectivity index (χ2v) is 6.01. The van der Waals surface area contributed by atoms with Crippen molar-refractivity contribution in [2.75, 3.05) is 35.0 Å². The molecule has 1 heterocycles. The smallest absolute Gasteiger partial charge is 0.338 e. The number of nitrogens with zero attached hydrogens (tertiary/aromatic N) is 1. The Kier molecular flexibility index (Phi) is 6.31. The van der Waals surface area contributed by atoms with E-state index in [1.165, 1.54) is 7.11 Å². The summed E-state index contributed by atoms with van der Waals surface area (Å²) in [6, 6.07) is 3.09. The van der Waals surface area contributed by atoms with Crippen molar-refractivity contribution in [2.24, 2.45) is 0 Å². The Balaban J connectivity index is 2.64. The Morgan fingerprint density at radius 1 is 1.19 bits per heavy atom. The number of thiocarbonyl (C=S) groups is 1. The minimum atomic E-state index is -0.494. The first kappa shape index (κ1) is 19.8. The van der Waals surface area contributed by atoms with Crippen LogP contribution in [0.5, 0.6) is 17.2 Å². The quantitative estimate of drug-likeness (QED) is 0.596. The Morgan fingerprint density at radius 3 is 2.23 bits per heavy atom. The summed E-state index contributed by atoms with van der Waals surface area (Å²) in [6.07, 6.45) is 0. The minimum absolute atomic E-state index is 0.283. The van der Waals surface area contributed by atoms with E-state index < -0.39 is 12.0 Å². The van der Waals surface area contributed by atoms with Crippen LogP contribution in [0.1, 0.15) is 25.5 Å². The molecule has 1 N–H and O–H groups in total. The number of carbonyl (C=O) groups is 1. The predicted molar refractivity (Wildman–Crippen MR) is 102 cm³/mol. The molecule has 8 heteroatoms. The van der Waals surface area contributed by atoms with Gasteiger partial charge in [-0.3, -0.25) is 0 Å². The molecule has 0 aliphatic carbocycles. The number of rotatable bonds is 6. The average Bonchev–Trinajstić information content (AvgIpc) is 2.64. The SMILES string of the molecule is CCOC(=O)C1=C(C)N(C)C(=S)NC1c1cc(OC)c(OC)c(OC)c1. The lowest BCUT2D eigenvalue weighted by Crippen LogP contribution is -2.46. The lowest BCUT2D eigenvalue weighted by Gasteiger charge is -2.35. The molecule has 0 bridgehead atoms. The highest BCUT2D eigenvalue weighted by atomic mass is 32.1. The fraction of sp³-hybridized carbons (Fsp3) is 0.444. The second kappa shape index (κ2) is 8.27. The maximum absolute atomic E-state index is 12.6. The fourth-order valence-corrected chi connectivity index (χ4v) is 3.08. The molecular formula is C18H24N2O5S. The van der Waals surface area contributed by atoms with Gasteiger partial charge in [-0.05, 0) is 43.8 Å².